The minimum Gasteiger partial charge on any atom is -0.872 e. The van der Waals surface area contributed by atoms with Gasteiger partial charge in [0, 0.05) is 10.8 Å². The number of rotatable bonds is 0. The van der Waals surface area contributed by atoms with E-state index in [1.807, 2.05) is 30.3 Å². The molecule has 0 saturated heterocycles. The van der Waals surface area contributed by atoms with Gasteiger partial charge >= 0.3 is 0 Å². The van der Waals surface area contributed by atoms with Gasteiger partial charge in [0.15, 0.2) is 0 Å². The van der Waals surface area contributed by atoms with E-state index in [9.17, 15) is 5.11 Å². The molecule has 2 heteroatoms. The summed E-state index contributed by atoms with van der Waals surface area (Å²) >= 11 is 0. The predicted octanol–water partition coefficient (Wildman–Crippen LogP) is 3.81. The lowest BCUT2D eigenvalue weighted by atomic mass is 9.98. The zero-order valence-corrected chi connectivity index (χ0v) is 9.51. The maximum Gasteiger partial charge on any atom is 0.141 e. The first-order valence-corrected chi connectivity index (χ1v) is 5.84. The molecule has 18 heavy (non-hydrogen) atoms. The molecule has 0 atom stereocenters. The van der Waals surface area contributed by atoms with Gasteiger partial charge in [0.2, 0.25) is 0 Å². The van der Waals surface area contributed by atoms with Crippen molar-refractivity contribution in [3.8, 4) is 5.75 Å². The zero-order chi connectivity index (χ0) is 12.1. The Hall–Kier alpha value is -2.48. The molecule has 2 nitrogen and oxygen atoms in total. The molecular weight excluding hydrogens is 224 g/mol. The lowest BCUT2D eigenvalue weighted by Gasteiger charge is -2.12. The minimum absolute atomic E-state index is 0.0122. The van der Waals surface area contributed by atoms with Crippen LogP contribution in [0.5, 0.6) is 5.75 Å². The van der Waals surface area contributed by atoms with E-state index in [2.05, 4.69) is 6.07 Å². The zero-order valence-electron chi connectivity index (χ0n) is 9.51. The summed E-state index contributed by atoms with van der Waals surface area (Å²) in [5.74, 6) is 0.0122. The third-order valence-corrected chi connectivity index (χ3v) is 3.43. The summed E-state index contributed by atoms with van der Waals surface area (Å²) in [6, 6.07) is 15.4. The standard InChI is InChI=1S/C16H10O2/c17-14-7-3-6-12-10-4-1-2-5-11(10)13-8-9-18-16(13)15(12)14/h1-9,17H/p-1. The molecule has 86 valence electrons. The van der Waals surface area contributed by atoms with E-state index in [1.54, 1.807) is 18.4 Å². The molecular formula is C16H9O2-. The third kappa shape index (κ3) is 1.07. The Morgan fingerprint density at radius 1 is 0.722 bits per heavy atom. The van der Waals surface area contributed by atoms with Crippen molar-refractivity contribution in [2.75, 3.05) is 0 Å². The molecule has 0 aliphatic carbocycles. The highest BCUT2D eigenvalue weighted by molar-refractivity contribution is 6.25. The van der Waals surface area contributed by atoms with Crippen LogP contribution in [0, 0.1) is 0 Å². The molecule has 0 amide bonds. The van der Waals surface area contributed by atoms with E-state index in [0.717, 1.165) is 21.5 Å². The van der Waals surface area contributed by atoms with Gasteiger partial charge in [-0.05, 0) is 22.2 Å². The van der Waals surface area contributed by atoms with E-state index >= 15 is 0 Å². The maximum atomic E-state index is 12.1. The summed E-state index contributed by atoms with van der Waals surface area (Å²) < 4.78 is 5.52. The summed E-state index contributed by atoms with van der Waals surface area (Å²) in [6.45, 7) is 0. The highest BCUT2D eigenvalue weighted by atomic mass is 16.3. The average molecular weight is 233 g/mol. The number of hydrogen-bond donors (Lipinski definition) is 0. The number of fused-ring (bicyclic) bond motifs is 6. The lowest BCUT2D eigenvalue weighted by molar-refractivity contribution is -0.265. The van der Waals surface area contributed by atoms with Crippen LogP contribution in [0.2, 0.25) is 0 Å². The molecule has 0 aliphatic heterocycles. The van der Waals surface area contributed by atoms with Crippen molar-refractivity contribution in [2.24, 2.45) is 0 Å². The fraction of sp³-hybridized carbons (Fsp3) is 0. The monoisotopic (exact) mass is 233 g/mol. The highest BCUT2D eigenvalue weighted by Gasteiger charge is 2.10. The summed E-state index contributed by atoms with van der Waals surface area (Å²) in [4.78, 5) is 0. The van der Waals surface area contributed by atoms with Crippen LogP contribution in [0.3, 0.4) is 0 Å². The fourth-order valence-electron chi connectivity index (χ4n) is 2.66. The maximum absolute atomic E-state index is 12.1. The quantitative estimate of drug-likeness (QED) is 0.433. The van der Waals surface area contributed by atoms with Crippen LogP contribution in [0.25, 0.3) is 32.5 Å². The van der Waals surface area contributed by atoms with Gasteiger partial charge in [-0.25, -0.2) is 0 Å². The average Bonchev–Trinajstić information content (AvgIpc) is 2.88. The van der Waals surface area contributed by atoms with Crippen molar-refractivity contribution < 1.29 is 9.52 Å². The van der Waals surface area contributed by atoms with Crippen LogP contribution in [-0.4, -0.2) is 0 Å². The first-order valence-electron chi connectivity index (χ1n) is 5.84. The van der Waals surface area contributed by atoms with Gasteiger partial charge in [-0.3, -0.25) is 0 Å². The molecule has 0 bridgehead atoms. The van der Waals surface area contributed by atoms with Crippen molar-refractivity contribution in [1.29, 1.82) is 0 Å². The summed E-state index contributed by atoms with van der Waals surface area (Å²) in [5.41, 5.74) is 0.689. The Labute approximate surface area is 103 Å². The molecule has 4 rings (SSSR count). The van der Waals surface area contributed by atoms with Gasteiger partial charge in [-0.1, -0.05) is 48.2 Å². The van der Waals surface area contributed by atoms with Gasteiger partial charge in [0.1, 0.15) is 5.58 Å². The van der Waals surface area contributed by atoms with Gasteiger partial charge < -0.3 is 9.52 Å². The van der Waals surface area contributed by atoms with Gasteiger partial charge in [0.25, 0.3) is 0 Å². The molecule has 0 aliphatic rings. The Kier molecular flexibility index (Phi) is 1.73. The van der Waals surface area contributed by atoms with Gasteiger partial charge in [-0.2, -0.15) is 0 Å². The molecule has 0 fully saturated rings. The van der Waals surface area contributed by atoms with Crippen LogP contribution in [-0.2, 0) is 0 Å². The molecule has 0 spiro atoms. The van der Waals surface area contributed by atoms with Gasteiger partial charge in [0.05, 0.1) is 6.26 Å². The van der Waals surface area contributed by atoms with E-state index < -0.39 is 0 Å². The number of benzene rings is 3. The van der Waals surface area contributed by atoms with Crippen molar-refractivity contribution in [3.05, 3.63) is 54.8 Å². The van der Waals surface area contributed by atoms with Crippen LogP contribution in [0.4, 0.5) is 0 Å². The second-order valence-electron chi connectivity index (χ2n) is 4.39. The molecule has 1 heterocycles. The van der Waals surface area contributed by atoms with E-state index in [4.69, 9.17) is 4.42 Å². The first kappa shape index (κ1) is 9.54. The largest absolute Gasteiger partial charge is 0.872 e. The third-order valence-electron chi connectivity index (χ3n) is 3.43. The van der Waals surface area contributed by atoms with Crippen molar-refractivity contribution in [1.82, 2.24) is 0 Å². The van der Waals surface area contributed by atoms with Crippen molar-refractivity contribution in [2.45, 2.75) is 0 Å². The first-order chi connectivity index (χ1) is 8.86. The Morgan fingerprint density at radius 2 is 1.44 bits per heavy atom. The summed E-state index contributed by atoms with van der Waals surface area (Å²) in [7, 11) is 0. The van der Waals surface area contributed by atoms with Crippen molar-refractivity contribution in [3.63, 3.8) is 0 Å². The van der Waals surface area contributed by atoms with Crippen molar-refractivity contribution >= 4 is 32.5 Å². The molecule has 1 aromatic heterocycles. The fourth-order valence-corrected chi connectivity index (χ4v) is 2.66. The molecule has 0 saturated carbocycles. The van der Waals surface area contributed by atoms with Gasteiger partial charge in [-0.15, -0.1) is 0 Å². The second-order valence-corrected chi connectivity index (χ2v) is 4.39. The molecule has 4 aromatic rings. The summed E-state index contributed by atoms with van der Waals surface area (Å²) in [5, 5.41) is 16.9. The molecule has 3 aromatic carbocycles. The van der Waals surface area contributed by atoms with E-state index in [1.165, 1.54) is 0 Å². The molecule has 0 N–H and O–H groups in total. The number of furan rings is 1. The van der Waals surface area contributed by atoms with Crippen LogP contribution >= 0.6 is 0 Å². The normalized spacial score (nSPS) is 11.6. The Balaban J connectivity index is 2.49. The SMILES string of the molecule is [O-]c1cccc2c3ccccc3c3ccoc3c12. The second kappa shape index (κ2) is 3.26. The van der Waals surface area contributed by atoms with Crippen LogP contribution in [0.1, 0.15) is 0 Å². The Bertz CT molecular complexity index is 887. The smallest absolute Gasteiger partial charge is 0.141 e. The highest BCUT2D eigenvalue weighted by Crippen LogP contribution is 2.38. The van der Waals surface area contributed by atoms with E-state index in [0.29, 0.717) is 11.0 Å². The van der Waals surface area contributed by atoms with E-state index in [-0.39, 0.29) is 5.75 Å². The number of hydrogen-bond acceptors (Lipinski definition) is 2. The summed E-state index contributed by atoms with van der Waals surface area (Å²) in [6.07, 6.45) is 1.64. The minimum atomic E-state index is 0.0122. The van der Waals surface area contributed by atoms with Crippen LogP contribution in [0.15, 0.2) is 59.2 Å². The molecule has 0 unspecified atom stereocenters. The van der Waals surface area contributed by atoms with Crippen LogP contribution < -0.4 is 5.11 Å². The predicted molar refractivity (Wildman–Crippen MR) is 70.7 cm³/mol. The topological polar surface area (TPSA) is 36.2 Å². The molecule has 0 radical (unpaired) electrons. The lowest BCUT2D eigenvalue weighted by Crippen LogP contribution is -1.91. The Morgan fingerprint density at radius 3 is 2.28 bits per heavy atom.